The number of halogens is 1. The summed E-state index contributed by atoms with van der Waals surface area (Å²) >= 11 is 3.36. The van der Waals surface area contributed by atoms with E-state index >= 15 is 0 Å². The lowest BCUT2D eigenvalue weighted by Crippen LogP contribution is -2.29. The van der Waals surface area contributed by atoms with Crippen molar-refractivity contribution in [2.45, 2.75) is 25.9 Å². The van der Waals surface area contributed by atoms with Crippen LogP contribution in [0, 0.1) is 5.92 Å². The van der Waals surface area contributed by atoms with Crippen molar-refractivity contribution in [3.63, 3.8) is 0 Å². The molecule has 0 bridgehead atoms. The number of pyridine rings is 1. The molecule has 2 atom stereocenters. The average molecular weight is 299 g/mol. The van der Waals surface area contributed by atoms with E-state index in [-0.39, 0.29) is 17.9 Å². The molecule has 1 aliphatic heterocycles. The average Bonchev–Trinajstić information content (AvgIpc) is 2.80. The van der Waals surface area contributed by atoms with Crippen LogP contribution < -0.4 is 5.32 Å². The first-order valence-corrected chi connectivity index (χ1v) is 6.54. The molecule has 2 unspecified atom stereocenters. The van der Waals surface area contributed by atoms with Gasteiger partial charge in [-0.05, 0) is 40.9 Å². The number of nitrogens with one attached hydrogen (secondary N) is 1. The first-order chi connectivity index (χ1) is 8.22. The van der Waals surface area contributed by atoms with Crippen molar-refractivity contribution in [3.05, 3.63) is 22.8 Å². The van der Waals surface area contributed by atoms with E-state index in [9.17, 15) is 4.79 Å². The van der Waals surface area contributed by atoms with Gasteiger partial charge >= 0.3 is 0 Å². The molecule has 0 spiro atoms. The molecule has 92 valence electrons. The summed E-state index contributed by atoms with van der Waals surface area (Å²) in [6.45, 7) is 2.70. The molecule has 0 radical (unpaired) electrons. The molecule has 5 heteroatoms. The molecular formula is C12H15BrN2O2. The third-order valence-corrected chi connectivity index (χ3v) is 3.59. The molecular weight excluding hydrogens is 284 g/mol. The van der Waals surface area contributed by atoms with Gasteiger partial charge in [0.1, 0.15) is 5.82 Å². The highest BCUT2D eigenvalue weighted by atomic mass is 79.9. The number of aromatic nitrogens is 1. The molecule has 2 heterocycles. The Kier molecular flexibility index (Phi) is 4.12. The first-order valence-electron chi connectivity index (χ1n) is 5.75. The van der Waals surface area contributed by atoms with Gasteiger partial charge in [-0.3, -0.25) is 4.79 Å². The summed E-state index contributed by atoms with van der Waals surface area (Å²) in [7, 11) is 0. The second-order valence-corrected chi connectivity index (χ2v) is 4.89. The van der Waals surface area contributed by atoms with Crippen molar-refractivity contribution in [3.8, 4) is 0 Å². The van der Waals surface area contributed by atoms with Gasteiger partial charge in [0.15, 0.2) is 0 Å². The maximum Gasteiger partial charge on any atom is 0.231 e. The summed E-state index contributed by atoms with van der Waals surface area (Å²) in [6, 6.07) is 3.67. The zero-order valence-electron chi connectivity index (χ0n) is 9.65. The highest BCUT2D eigenvalue weighted by molar-refractivity contribution is 9.10. The fourth-order valence-electron chi connectivity index (χ4n) is 2.04. The zero-order chi connectivity index (χ0) is 12.3. The zero-order valence-corrected chi connectivity index (χ0v) is 11.2. The van der Waals surface area contributed by atoms with Crippen molar-refractivity contribution in [2.24, 2.45) is 5.92 Å². The van der Waals surface area contributed by atoms with Crippen molar-refractivity contribution in [1.29, 1.82) is 0 Å². The van der Waals surface area contributed by atoms with Crippen molar-refractivity contribution >= 4 is 27.7 Å². The van der Waals surface area contributed by atoms with Crippen LogP contribution >= 0.6 is 15.9 Å². The summed E-state index contributed by atoms with van der Waals surface area (Å²) in [5.74, 6) is 0.502. The molecule has 4 nitrogen and oxygen atoms in total. The third kappa shape index (κ3) is 2.84. The minimum Gasteiger partial charge on any atom is -0.377 e. The molecule has 2 rings (SSSR count). The molecule has 1 aliphatic rings. The van der Waals surface area contributed by atoms with Gasteiger partial charge in [0.2, 0.25) is 5.91 Å². The molecule has 17 heavy (non-hydrogen) atoms. The molecule has 1 aromatic heterocycles. The fourth-order valence-corrected chi connectivity index (χ4v) is 2.39. The second kappa shape index (κ2) is 5.60. The summed E-state index contributed by atoms with van der Waals surface area (Å²) < 4.78 is 6.30. The lowest BCUT2D eigenvalue weighted by Gasteiger charge is -2.16. The number of hydrogen-bond donors (Lipinski definition) is 1. The van der Waals surface area contributed by atoms with E-state index < -0.39 is 0 Å². The Hall–Kier alpha value is -0.940. The van der Waals surface area contributed by atoms with Gasteiger partial charge in [-0.2, -0.15) is 0 Å². The van der Waals surface area contributed by atoms with E-state index in [2.05, 4.69) is 26.2 Å². The highest BCUT2D eigenvalue weighted by Crippen LogP contribution is 2.26. The van der Waals surface area contributed by atoms with E-state index in [4.69, 9.17) is 4.74 Å². The quantitative estimate of drug-likeness (QED) is 0.933. The van der Waals surface area contributed by atoms with E-state index in [1.807, 2.05) is 19.1 Å². The molecule has 1 fully saturated rings. The summed E-state index contributed by atoms with van der Waals surface area (Å²) in [5.41, 5.74) is 0. The second-order valence-electron chi connectivity index (χ2n) is 4.04. The number of rotatable bonds is 3. The van der Waals surface area contributed by atoms with Gasteiger partial charge in [-0.25, -0.2) is 4.98 Å². The molecule has 0 aliphatic carbocycles. The molecule has 1 saturated heterocycles. The number of hydrogen-bond acceptors (Lipinski definition) is 3. The minimum atomic E-state index is -0.0612. The molecule has 1 amide bonds. The van der Waals surface area contributed by atoms with Gasteiger partial charge in [-0.15, -0.1) is 0 Å². The van der Waals surface area contributed by atoms with E-state index in [0.717, 1.165) is 17.3 Å². The van der Waals surface area contributed by atoms with Crippen molar-refractivity contribution in [2.75, 3.05) is 11.9 Å². The molecule has 1 N–H and O–H groups in total. The Morgan fingerprint density at radius 1 is 1.71 bits per heavy atom. The van der Waals surface area contributed by atoms with Crippen LogP contribution in [-0.4, -0.2) is 23.6 Å². The number of amides is 1. The van der Waals surface area contributed by atoms with E-state index in [1.165, 1.54) is 0 Å². The fraction of sp³-hybridized carbons (Fsp3) is 0.500. The maximum atomic E-state index is 12.1. The van der Waals surface area contributed by atoms with Crippen molar-refractivity contribution < 1.29 is 9.53 Å². The van der Waals surface area contributed by atoms with Crippen LogP contribution in [-0.2, 0) is 9.53 Å². The predicted octanol–water partition coefficient (Wildman–Crippen LogP) is 2.60. The molecule has 0 saturated carbocycles. The third-order valence-electron chi connectivity index (χ3n) is 2.95. The first kappa shape index (κ1) is 12.5. The van der Waals surface area contributed by atoms with Crippen LogP contribution in [0.2, 0.25) is 0 Å². The standard InChI is InChI=1S/C12H15BrN2O2/c1-2-10-8(5-7-17-10)12(16)15-11-9(13)4-3-6-14-11/h3-4,6,8,10H,2,5,7H2,1H3,(H,14,15,16). The lowest BCUT2D eigenvalue weighted by atomic mass is 9.99. The largest absolute Gasteiger partial charge is 0.377 e. The van der Waals surface area contributed by atoms with Gasteiger partial charge in [-0.1, -0.05) is 6.92 Å². The normalized spacial score (nSPS) is 23.6. The number of nitrogens with zero attached hydrogens (tertiary/aromatic N) is 1. The van der Waals surface area contributed by atoms with Crippen LogP contribution in [0.25, 0.3) is 0 Å². The number of ether oxygens (including phenoxy) is 1. The van der Waals surface area contributed by atoms with Gasteiger partial charge in [0.25, 0.3) is 0 Å². The van der Waals surface area contributed by atoms with Gasteiger partial charge in [0, 0.05) is 12.8 Å². The Morgan fingerprint density at radius 2 is 2.53 bits per heavy atom. The van der Waals surface area contributed by atoms with Crippen LogP contribution in [0.3, 0.4) is 0 Å². The van der Waals surface area contributed by atoms with Crippen LogP contribution in [0.1, 0.15) is 19.8 Å². The van der Waals surface area contributed by atoms with E-state index in [1.54, 1.807) is 6.20 Å². The van der Waals surface area contributed by atoms with E-state index in [0.29, 0.717) is 12.4 Å². The number of anilines is 1. The van der Waals surface area contributed by atoms with Crippen LogP contribution in [0.4, 0.5) is 5.82 Å². The highest BCUT2D eigenvalue weighted by Gasteiger charge is 2.33. The van der Waals surface area contributed by atoms with Gasteiger partial charge in [0.05, 0.1) is 16.5 Å². The van der Waals surface area contributed by atoms with Crippen LogP contribution in [0.5, 0.6) is 0 Å². The Labute approximate surface area is 109 Å². The maximum absolute atomic E-state index is 12.1. The van der Waals surface area contributed by atoms with Crippen molar-refractivity contribution in [1.82, 2.24) is 4.98 Å². The van der Waals surface area contributed by atoms with Gasteiger partial charge < -0.3 is 10.1 Å². The number of carbonyl (C=O) groups is 1. The predicted molar refractivity (Wildman–Crippen MR) is 68.7 cm³/mol. The van der Waals surface area contributed by atoms with Crippen LogP contribution in [0.15, 0.2) is 22.8 Å². The Morgan fingerprint density at radius 3 is 3.24 bits per heavy atom. The summed E-state index contributed by atoms with van der Waals surface area (Å²) in [6.07, 6.45) is 3.34. The SMILES string of the molecule is CCC1OCCC1C(=O)Nc1ncccc1Br. The Bertz CT molecular complexity index is 411. The topological polar surface area (TPSA) is 51.2 Å². The minimum absolute atomic E-state index is 0.00579. The monoisotopic (exact) mass is 298 g/mol. The molecule has 1 aromatic rings. The Balaban J connectivity index is 2.04. The smallest absolute Gasteiger partial charge is 0.231 e. The lowest BCUT2D eigenvalue weighted by molar-refractivity contribution is -0.121. The molecule has 0 aromatic carbocycles. The number of carbonyl (C=O) groups excluding carboxylic acids is 1. The summed E-state index contributed by atoms with van der Waals surface area (Å²) in [4.78, 5) is 16.2. The summed E-state index contributed by atoms with van der Waals surface area (Å²) in [5, 5.41) is 2.84.